The molecule has 3 rings (SSSR count). The molecule has 0 bridgehead atoms. The van der Waals surface area contributed by atoms with Crippen molar-refractivity contribution in [2.45, 2.75) is 32.2 Å². The second-order valence-corrected chi connectivity index (χ2v) is 10.8. The van der Waals surface area contributed by atoms with Gasteiger partial charge in [0.1, 0.15) is 12.2 Å². The molecule has 3 aromatic carbocycles. The van der Waals surface area contributed by atoms with Gasteiger partial charge in [0, 0.05) is 11.8 Å². The molecule has 0 aliphatic rings. The number of rotatable bonds is 11. The first kappa shape index (κ1) is 32.8. The summed E-state index contributed by atoms with van der Waals surface area (Å²) in [7, 11) is -3.76. The summed E-state index contributed by atoms with van der Waals surface area (Å²) in [6, 6.07) is 25.3. The molecule has 182 valence electrons. The number of hydrogen-bond donors (Lipinski definition) is 2. The van der Waals surface area contributed by atoms with Crippen molar-refractivity contribution in [2.75, 3.05) is 17.2 Å². The number of carbonyl (C=O) groups excluding carboxylic acids is 1. The average molecular weight is 528 g/mol. The van der Waals surface area contributed by atoms with Crippen molar-refractivity contribution in [2.24, 2.45) is 0 Å². The predicted molar refractivity (Wildman–Crippen MR) is 138 cm³/mol. The summed E-state index contributed by atoms with van der Waals surface area (Å²) < 4.78 is 12.8. The number of nitrogens with zero attached hydrogens (tertiary/aromatic N) is 1. The van der Waals surface area contributed by atoms with Crippen LogP contribution >= 0.6 is 7.37 Å². The van der Waals surface area contributed by atoms with E-state index >= 15 is 0 Å². The van der Waals surface area contributed by atoms with Crippen LogP contribution < -0.4 is 64.0 Å². The monoisotopic (exact) mass is 527 g/mol. The van der Waals surface area contributed by atoms with Crippen molar-refractivity contribution in [3.63, 3.8) is 0 Å². The van der Waals surface area contributed by atoms with Crippen LogP contribution in [0.3, 0.4) is 0 Å². The second-order valence-electron chi connectivity index (χ2n) is 8.36. The number of amides is 1. The summed E-state index contributed by atoms with van der Waals surface area (Å²) in [6.45, 7) is 1.40. The number of aryl methyl sites for hydroxylation is 1. The Hall–Kier alpha value is -1.21. The maximum absolute atomic E-state index is 13.0. The van der Waals surface area contributed by atoms with Crippen molar-refractivity contribution in [1.82, 2.24) is 0 Å². The first-order valence-corrected chi connectivity index (χ1v) is 13.3. The normalized spacial score (nSPS) is 12.8. The fraction of sp³-hybridized carbons (Fsp3) is 0.259. The minimum Gasteiger partial charge on any atom is -1.00 e. The SMILES string of the molecule is C[C@@H](C(=O)O)N(C(=O)CP(=O)(O)CCCCc1ccccc1)c1ccc(-c2ccccc2)cc1.[H-].[H-].[Na+].[Na+]. The Balaban J connectivity index is 0. The van der Waals surface area contributed by atoms with Crippen LogP contribution in [0.15, 0.2) is 84.9 Å². The van der Waals surface area contributed by atoms with E-state index in [2.05, 4.69) is 0 Å². The molecule has 0 heterocycles. The molecular formula is C27H32NNa2O5P. The molecule has 1 amide bonds. The molecule has 3 aromatic rings. The average Bonchev–Trinajstić information content (AvgIpc) is 2.83. The van der Waals surface area contributed by atoms with Crippen LogP contribution in [0.5, 0.6) is 0 Å². The minimum absolute atomic E-state index is 0. The van der Waals surface area contributed by atoms with Gasteiger partial charge in [0.15, 0.2) is 0 Å². The zero-order valence-corrected chi connectivity index (χ0v) is 26.1. The van der Waals surface area contributed by atoms with Gasteiger partial charge >= 0.3 is 65.1 Å². The zero-order chi connectivity index (χ0) is 24.6. The molecule has 2 N–H and O–H groups in total. The molecule has 6 nitrogen and oxygen atoms in total. The van der Waals surface area contributed by atoms with Gasteiger partial charge < -0.3 is 12.9 Å². The Morgan fingerprint density at radius 3 is 1.94 bits per heavy atom. The summed E-state index contributed by atoms with van der Waals surface area (Å²) in [6.07, 6.45) is 1.48. The Labute approximate surface area is 260 Å². The molecule has 36 heavy (non-hydrogen) atoms. The second kappa shape index (κ2) is 15.9. The van der Waals surface area contributed by atoms with Crippen LogP contribution in [-0.2, 0) is 20.6 Å². The number of aliphatic carboxylic acids is 1. The number of carboxylic acid groups (broad SMARTS) is 1. The van der Waals surface area contributed by atoms with Gasteiger partial charge in [-0.2, -0.15) is 0 Å². The fourth-order valence-corrected chi connectivity index (χ4v) is 5.29. The maximum atomic E-state index is 13.0. The van der Waals surface area contributed by atoms with Crippen LogP contribution in [0.25, 0.3) is 11.1 Å². The van der Waals surface area contributed by atoms with E-state index in [1.165, 1.54) is 6.92 Å². The summed E-state index contributed by atoms with van der Waals surface area (Å²) in [5.41, 5.74) is 3.45. The predicted octanol–water partition coefficient (Wildman–Crippen LogP) is -0.314. The molecule has 2 atom stereocenters. The zero-order valence-electron chi connectivity index (χ0n) is 23.2. The van der Waals surface area contributed by atoms with Gasteiger partial charge in [0.05, 0.1) is 0 Å². The molecule has 0 saturated heterocycles. The topological polar surface area (TPSA) is 94.9 Å². The smallest absolute Gasteiger partial charge is 1.00 e. The van der Waals surface area contributed by atoms with Crippen LogP contribution in [0.2, 0.25) is 0 Å². The van der Waals surface area contributed by atoms with E-state index in [0.717, 1.165) is 34.4 Å². The molecule has 0 aliphatic heterocycles. The van der Waals surface area contributed by atoms with E-state index in [0.29, 0.717) is 12.1 Å². The molecule has 0 radical (unpaired) electrons. The molecule has 0 aliphatic carbocycles. The van der Waals surface area contributed by atoms with Gasteiger partial charge in [-0.1, -0.05) is 72.8 Å². The third-order valence-corrected chi connectivity index (χ3v) is 7.49. The summed E-state index contributed by atoms with van der Waals surface area (Å²) >= 11 is 0. The number of carboxylic acids is 1. The van der Waals surface area contributed by atoms with E-state index in [9.17, 15) is 24.2 Å². The number of carbonyl (C=O) groups is 2. The number of anilines is 1. The molecule has 0 fully saturated rings. The molecule has 0 spiro atoms. The first-order valence-electron chi connectivity index (χ1n) is 11.3. The van der Waals surface area contributed by atoms with E-state index in [1.807, 2.05) is 72.8 Å². The standard InChI is InChI=1S/C27H30NO5P.2Na.2H/c1-21(27(30)31)28(25-17-15-24(16-18-25)23-13-6-3-7-14-23)26(29)20-34(32,33)19-9-8-12-22-10-4-2-5-11-22;;;;/h2-7,10-11,13-18,21H,8-9,12,19-20H2,1H3,(H,30,31)(H,32,33);;;;/q;2*+1;2*-1/t21-;;;;/m0..../s1. The van der Waals surface area contributed by atoms with Crippen molar-refractivity contribution in [3.8, 4) is 11.1 Å². The van der Waals surface area contributed by atoms with Crippen molar-refractivity contribution >= 4 is 24.9 Å². The van der Waals surface area contributed by atoms with Gasteiger partial charge in [-0.3, -0.25) is 14.3 Å². The summed E-state index contributed by atoms with van der Waals surface area (Å²) in [5.74, 6) is -1.85. The molecule has 0 aromatic heterocycles. The minimum atomic E-state index is -3.76. The number of hydrogen-bond acceptors (Lipinski definition) is 3. The molecule has 9 heteroatoms. The molecular weight excluding hydrogens is 495 g/mol. The quantitative estimate of drug-likeness (QED) is 0.203. The van der Waals surface area contributed by atoms with Crippen LogP contribution in [-0.4, -0.2) is 40.2 Å². The van der Waals surface area contributed by atoms with E-state index in [-0.39, 0.29) is 68.1 Å². The van der Waals surface area contributed by atoms with Crippen LogP contribution in [0.1, 0.15) is 28.2 Å². The fourth-order valence-electron chi connectivity index (χ4n) is 3.84. The third-order valence-electron chi connectivity index (χ3n) is 5.71. The van der Waals surface area contributed by atoms with Crippen molar-refractivity contribution < 1.29 is 86.1 Å². The van der Waals surface area contributed by atoms with Gasteiger partial charge in [-0.15, -0.1) is 0 Å². The van der Waals surface area contributed by atoms with Gasteiger partial charge in [-0.05, 0) is 55.0 Å². The van der Waals surface area contributed by atoms with Crippen LogP contribution in [0.4, 0.5) is 5.69 Å². The Bertz CT molecular complexity index is 1160. The maximum Gasteiger partial charge on any atom is 1.00 e. The van der Waals surface area contributed by atoms with Gasteiger partial charge in [0.25, 0.3) is 0 Å². The number of unbranched alkanes of at least 4 members (excludes halogenated alkanes) is 1. The molecule has 0 saturated carbocycles. The number of benzene rings is 3. The van der Waals surface area contributed by atoms with Crippen molar-refractivity contribution in [3.05, 3.63) is 90.5 Å². The Kier molecular flexibility index (Phi) is 14.5. The van der Waals surface area contributed by atoms with Crippen LogP contribution in [0, 0.1) is 0 Å². The Morgan fingerprint density at radius 1 is 0.861 bits per heavy atom. The Morgan fingerprint density at radius 2 is 1.39 bits per heavy atom. The third kappa shape index (κ3) is 9.92. The summed E-state index contributed by atoms with van der Waals surface area (Å²) in [5, 5.41) is 9.55. The van der Waals surface area contributed by atoms with E-state index in [1.54, 1.807) is 12.1 Å². The van der Waals surface area contributed by atoms with Crippen molar-refractivity contribution in [1.29, 1.82) is 0 Å². The van der Waals surface area contributed by atoms with Gasteiger partial charge in [0.2, 0.25) is 13.3 Å². The summed E-state index contributed by atoms with van der Waals surface area (Å²) in [4.78, 5) is 36.3. The first-order chi connectivity index (χ1) is 16.3. The van der Waals surface area contributed by atoms with Gasteiger partial charge in [-0.25, -0.2) is 4.79 Å². The molecule has 1 unspecified atom stereocenters. The largest absolute Gasteiger partial charge is 1.00 e. The van der Waals surface area contributed by atoms with E-state index < -0.39 is 31.4 Å². The van der Waals surface area contributed by atoms with E-state index in [4.69, 9.17) is 0 Å².